The van der Waals surface area contributed by atoms with E-state index in [1.165, 1.54) is 18.6 Å². The number of aryl methyl sites for hydroxylation is 1. The van der Waals surface area contributed by atoms with Gasteiger partial charge in [0.25, 0.3) is 0 Å². The van der Waals surface area contributed by atoms with E-state index in [4.69, 9.17) is 4.98 Å². The van der Waals surface area contributed by atoms with Crippen molar-refractivity contribution in [1.29, 1.82) is 0 Å². The Morgan fingerprint density at radius 2 is 1.78 bits per heavy atom. The van der Waals surface area contributed by atoms with Crippen LogP contribution in [0.2, 0.25) is 0 Å². The molecule has 0 aliphatic heterocycles. The number of hydrogen-bond acceptors (Lipinski definition) is 3. The summed E-state index contributed by atoms with van der Waals surface area (Å²) in [6.45, 7) is 0.624. The van der Waals surface area contributed by atoms with Crippen molar-refractivity contribution in [3.8, 4) is 0 Å². The van der Waals surface area contributed by atoms with Gasteiger partial charge in [0.05, 0.1) is 16.7 Å². The number of nitrogens with one attached hydrogen (secondary N) is 2. The average Bonchev–Trinajstić information content (AvgIpc) is 3.16. The van der Waals surface area contributed by atoms with Crippen LogP contribution in [0.15, 0.2) is 48.5 Å². The van der Waals surface area contributed by atoms with E-state index in [2.05, 4.69) is 10.6 Å². The molecule has 1 heterocycles. The highest BCUT2D eigenvalue weighted by molar-refractivity contribution is 5.91. The van der Waals surface area contributed by atoms with Gasteiger partial charge in [-0.25, -0.2) is 9.37 Å². The molecule has 1 aromatic heterocycles. The topological polar surface area (TPSA) is 76.0 Å². The highest BCUT2D eigenvalue weighted by Crippen LogP contribution is 2.23. The van der Waals surface area contributed by atoms with Gasteiger partial charge in [-0.05, 0) is 43.5 Å². The van der Waals surface area contributed by atoms with Crippen LogP contribution in [-0.4, -0.2) is 27.9 Å². The van der Waals surface area contributed by atoms with E-state index >= 15 is 0 Å². The lowest BCUT2D eigenvalue weighted by Crippen LogP contribution is -2.32. The van der Waals surface area contributed by atoms with Crippen molar-refractivity contribution >= 4 is 28.5 Å². The summed E-state index contributed by atoms with van der Waals surface area (Å²) in [7, 11) is 0. The zero-order valence-corrected chi connectivity index (χ0v) is 18.1. The molecule has 4 rings (SSSR count). The van der Waals surface area contributed by atoms with E-state index in [-0.39, 0.29) is 30.0 Å². The fourth-order valence-corrected chi connectivity index (χ4v) is 4.36. The number of carbonyl (C=O) groups excluding carboxylic acids is 2. The maximum absolute atomic E-state index is 13.9. The monoisotopic (exact) mass is 436 g/mol. The van der Waals surface area contributed by atoms with Crippen molar-refractivity contribution in [2.24, 2.45) is 5.92 Å². The number of fused-ring (bicyclic) bond motifs is 1. The van der Waals surface area contributed by atoms with Crippen LogP contribution >= 0.6 is 0 Å². The summed E-state index contributed by atoms with van der Waals surface area (Å²) in [6.07, 6.45) is 6.83. The number of aromatic nitrogens is 2. The third-order valence-corrected chi connectivity index (χ3v) is 6.04. The number of rotatable bonds is 8. The number of anilines is 1. The average molecular weight is 437 g/mol. The number of benzene rings is 2. The smallest absolute Gasteiger partial charge is 0.244 e. The number of imidazole rings is 1. The summed E-state index contributed by atoms with van der Waals surface area (Å²) in [5, 5.41) is 5.70. The molecule has 2 aromatic carbocycles. The summed E-state index contributed by atoms with van der Waals surface area (Å²) < 4.78 is 15.8. The van der Waals surface area contributed by atoms with E-state index < -0.39 is 5.82 Å². The van der Waals surface area contributed by atoms with Gasteiger partial charge in [0, 0.05) is 18.9 Å². The van der Waals surface area contributed by atoms with Gasteiger partial charge in [-0.15, -0.1) is 0 Å². The van der Waals surface area contributed by atoms with Crippen LogP contribution in [-0.2, 0) is 22.6 Å². The molecule has 6 nitrogen and oxygen atoms in total. The van der Waals surface area contributed by atoms with E-state index in [1.807, 2.05) is 28.8 Å². The number of amides is 2. The Bertz CT molecular complexity index is 1090. The van der Waals surface area contributed by atoms with E-state index in [0.29, 0.717) is 13.0 Å². The Kier molecular flexibility index (Phi) is 7.14. The highest BCUT2D eigenvalue weighted by Gasteiger charge is 2.20. The fraction of sp³-hybridized carbons (Fsp3) is 0.400. The van der Waals surface area contributed by atoms with Crippen LogP contribution in [0.1, 0.15) is 44.3 Å². The van der Waals surface area contributed by atoms with Crippen LogP contribution in [0.3, 0.4) is 0 Å². The maximum atomic E-state index is 13.9. The third kappa shape index (κ3) is 5.33. The van der Waals surface area contributed by atoms with Gasteiger partial charge < -0.3 is 15.2 Å². The number of carbonyl (C=O) groups is 2. The normalized spacial score (nSPS) is 14.4. The second kappa shape index (κ2) is 10.4. The maximum Gasteiger partial charge on any atom is 0.244 e. The first-order chi connectivity index (χ1) is 15.6. The van der Waals surface area contributed by atoms with Gasteiger partial charge in [-0.2, -0.15) is 0 Å². The molecule has 0 unspecified atom stereocenters. The zero-order valence-electron chi connectivity index (χ0n) is 18.1. The van der Waals surface area contributed by atoms with Crippen LogP contribution < -0.4 is 10.6 Å². The van der Waals surface area contributed by atoms with Gasteiger partial charge in [0.2, 0.25) is 11.8 Å². The number of nitrogens with zero attached hydrogens (tertiary/aromatic N) is 2. The molecule has 1 aliphatic rings. The summed E-state index contributed by atoms with van der Waals surface area (Å²) in [5.41, 5.74) is 1.83. The minimum absolute atomic E-state index is 0.0403. The number of halogens is 1. The Labute approximate surface area is 187 Å². The first kappa shape index (κ1) is 22.0. The second-order valence-electron chi connectivity index (χ2n) is 8.36. The lowest BCUT2D eigenvalue weighted by Gasteiger charge is -2.20. The molecular weight excluding hydrogens is 407 g/mol. The molecule has 0 spiro atoms. The lowest BCUT2D eigenvalue weighted by molar-refractivity contribution is -0.125. The molecule has 0 bridgehead atoms. The first-order valence-electron chi connectivity index (χ1n) is 11.4. The molecule has 0 radical (unpaired) electrons. The van der Waals surface area contributed by atoms with Gasteiger partial charge in [-0.1, -0.05) is 43.5 Å². The molecule has 0 saturated heterocycles. The lowest BCUT2D eigenvalue weighted by atomic mass is 9.89. The Hall–Kier alpha value is -3.22. The van der Waals surface area contributed by atoms with E-state index in [9.17, 15) is 14.0 Å². The number of para-hydroxylation sites is 3. The largest absolute Gasteiger partial charge is 0.356 e. The molecule has 2 amide bonds. The first-order valence-corrected chi connectivity index (χ1v) is 11.4. The predicted octanol–water partition coefficient (Wildman–Crippen LogP) is 4.44. The van der Waals surface area contributed by atoms with Crippen LogP contribution in [0.4, 0.5) is 10.1 Å². The predicted molar refractivity (Wildman–Crippen MR) is 123 cm³/mol. The summed E-state index contributed by atoms with van der Waals surface area (Å²) in [6, 6.07) is 13.8. The molecule has 3 aromatic rings. The van der Waals surface area contributed by atoms with Gasteiger partial charge in [-0.3, -0.25) is 9.59 Å². The van der Waals surface area contributed by atoms with Crippen molar-refractivity contribution < 1.29 is 14.0 Å². The molecule has 0 atom stereocenters. The van der Waals surface area contributed by atoms with Crippen molar-refractivity contribution in [1.82, 2.24) is 14.9 Å². The van der Waals surface area contributed by atoms with Crippen LogP contribution in [0, 0.1) is 11.7 Å². The summed E-state index contributed by atoms with van der Waals surface area (Å²) >= 11 is 0. The fourth-order valence-electron chi connectivity index (χ4n) is 4.36. The molecule has 168 valence electrons. The highest BCUT2D eigenvalue weighted by atomic mass is 19.1. The van der Waals surface area contributed by atoms with Gasteiger partial charge in [0.1, 0.15) is 18.2 Å². The SMILES string of the molecule is O=C(Cn1c(CCCNC(=O)C2CCCCC2)nc2ccccc21)Nc1ccccc1F. The van der Waals surface area contributed by atoms with Crippen molar-refractivity contribution in [3.05, 3.63) is 60.2 Å². The summed E-state index contributed by atoms with van der Waals surface area (Å²) in [5.74, 6) is 0.301. The molecule has 1 fully saturated rings. The standard InChI is InChI=1S/C25H29FN4O2/c26-19-11-4-5-12-20(19)29-24(31)17-30-22-14-7-6-13-21(22)28-23(30)15-8-16-27-25(32)18-9-2-1-3-10-18/h4-7,11-14,18H,1-3,8-10,15-17H2,(H,27,32)(H,29,31). The van der Waals surface area contributed by atoms with Crippen molar-refractivity contribution in [3.63, 3.8) is 0 Å². The molecule has 1 saturated carbocycles. The van der Waals surface area contributed by atoms with Gasteiger partial charge in [0.15, 0.2) is 0 Å². The Morgan fingerprint density at radius 3 is 2.59 bits per heavy atom. The minimum atomic E-state index is -0.467. The summed E-state index contributed by atoms with van der Waals surface area (Å²) in [4.78, 5) is 29.7. The molecule has 7 heteroatoms. The Morgan fingerprint density at radius 1 is 1.03 bits per heavy atom. The van der Waals surface area contributed by atoms with E-state index in [1.54, 1.807) is 12.1 Å². The number of hydrogen-bond donors (Lipinski definition) is 2. The van der Waals surface area contributed by atoms with Crippen molar-refractivity contribution in [2.75, 3.05) is 11.9 Å². The zero-order chi connectivity index (χ0) is 22.3. The van der Waals surface area contributed by atoms with Crippen LogP contribution in [0.25, 0.3) is 11.0 Å². The third-order valence-electron chi connectivity index (χ3n) is 6.04. The minimum Gasteiger partial charge on any atom is -0.356 e. The van der Waals surface area contributed by atoms with E-state index in [0.717, 1.165) is 49.0 Å². The quantitative estimate of drug-likeness (QED) is 0.513. The van der Waals surface area contributed by atoms with Crippen LogP contribution in [0.5, 0.6) is 0 Å². The molecule has 2 N–H and O–H groups in total. The molecule has 32 heavy (non-hydrogen) atoms. The van der Waals surface area contributed by atoms with Gasteiger partial charge >= 0.3 is 0 Å². The molecular formula is C25H29FN4O2. The second-order valence-corrected chi connectivity index (χ2v) is 8.36. The Balaban J connectivity index is 1.39. The molecule has 1 aliphatic carbocycles. The van der Waals surface area contributed by atoms with Crippen molar-refractivity contribution in [2.45, 2.75) is 51.5 Å².